The number of benzene rings is 2. The van der Waals surface area contributed by atoms with E-state index in [4.69, 9.17) is 4.98 Å². The van der Waals surface area contributed by atoms with Crippen molar-refractivity contribution in [3.63, 3.8) is 0 Å². The van der Waals surface area contributed by atoms with Crippen molar-refractivity contribution in [1.29, 1.82) is 0 Å². The van der Waals surface area contributed by atoms with Crippen molar-refractivity contribution >= 4 is 23.5 Å². The Bertz CT molecular complexity index is 995. The number of amides is 1. The largest absolute Gasteiger partial charge is 0.353 e. The van der Waals surface area contributed by atoms with Crippen LogP contribution in [0.25, 0.3) is 0 Å². The van der Waals surface area contributed by atoms with Crippen molar-refractivity contribution in [3.05, 3.63) is 83.7 Å². The van der Waals surface area contributed by atoms with Crippen LogP contribution in [-0.2, 0) is 5.75 Å². The normalized spacial score (nSPS) is 14.4. The highest BCUT2D eigenvalue weighted by molar-refractivity contribution is 7.98. The quantitative estimate of drug-likeness (QED) is 0.574. The van der Waals surface area contributed by atoms with Gasteiger partial charge in [0.15, 0.2) is 0 Å². The number of thioether (sulfide) groups is 1. The average Bonchev–Trinajstić information content (AvgIpc) is 3.04. The fourth-order valence-electron chi connectivity index (χ4n) is 3.60. The van der Waals surface area contributed by atoms with Gasteiger partial charge in [0, 0.05) is 37.5 Å². The summed E-state index contributed by atoms with van der Waals surface area (Å²) in [7, 11) is 0. The molecule has 0 unspecified atom stereocenters. The van der Waals surface area contributed by atoms with Gasteiger partial charge in [0.2, 0.25) is 0 Å². The Morgan fingerprint density at radius 3 is 2.70 bits per heavy atom. The van der Waals surface area contributed by atoms with Crippen LogP contribution in [0.5, 0.6) is 0 Å². The number of nitrogens with zero attached hydrogens (tertiary/aromatic N) is 4. The molecule has 1 aliphatic rings. The van der Waals surface area contributed by atoms with Gasteiger partial charge in [-0.2, -0.15) is 0 Å². The van der Waals surface area contributed by atoms with Crippen molar-refractivity contribution in [1.82, 2.24) is 14.9 Å². The van der Waals surface area contributed by atoms with Crippen molar-refractivity contribution in [2.24, 2.45) is 0 Å². The highest BCUT2D eigenvalue weighted by Gasteiger charge is 2.21. The van der Waals surface area contributed by atoms with Crippen LogP contribution >= 0.6 is 11.8 Å². The molecule has 4 rings (SSSR count). The number of aryl methyl sites for hydroxylation is 1. The second-order valence-electron chi connectivity index (χ2n) is 7.49. The van der Waals surface area contributed by atoms with E-state index in [9.17, 15) is 4.79 Å². The number of rotatable bonds is 5. The summed E-state index contributed by atoms with van der Waals surface area (Å²) in [6.07, 6.45) is 4.56. The first-order valence-corrected chi connectivity index (χ1v) is 11.3. The Hall–Kier alpha value is -2.86. The van der Waals surface area contributed by atoms with Crippen LogP contribution in [0.3, 0.4) is 0 Å². The molecule has 1 saturated heterocycles. The van der Waals surface area contributed by atoms with Crippen LogP contribution in [0.4, 0.5) is 5.82 Å². The first kappa shape index (κ1) is 20.4. The first-order chi connectivity index (χ1) is 14.7. The van der Waals surface area contributed by atoms with Crippen molar-refractivity contribution in [2.45, 2.75) is 24.1 Å². The molecule has 30 heavy (non-hydrogen) atoms. The van der Waals surface area contributed by atoms with Gasteiger partial charge in [-0.25, -0.2) is 4.98 Å². The molecule has 6 heteroatoms. The fraction of sp³-hybridized carbons (Fsp3) is 0.292. The van der Waals surface area contributed by atoms with E-state index >= 15 is 0 Å². The maximum absolute atomic E-state index is 12.9. The van der Waals surface area contributed by atoms with Crippen LogP contribution in [0.1, 0.15) is 27.9 Å². The molecule has 0 atom stereocenters. The lowest BCUT2D eigenvalue weighted by molar-refractivity contribution is 0.0767. The van der Waals surface area contributed by atoms with Crippen LogP contribution < -0.4 is 4.90 Å². The highest BCUT2D eigenvalue weighted by Crippen LogP contribution is 2.23. The summed E-state index contributed by atoms with van der Waals surface area (Å²) in [4.78, 5) is 26.3. The van der Waals surface area contributed by atoms with Crippen molar-refractivity contribution < 1.29 is 4.79 Å². The fourth-order valence-corrected chi connectivity index (χ4v) is 4.40. The SMILES string of the molecule is Cc1cccc(C(=O)N2CCCN(c3cncc(SCc4ccccc4)n3)CC2)c1. The van der Waals surface area contributed by atoms with E-state index in [1.807, 2.05) is 54.5 Å². The molecule has 1 amide bonds. The molecule has 0 N–H and O–H groups in total. The molecule has 0 aliphatic carbocycles. The van der Waals surface area contributed by atoms with Gasteiger partial charge in [0.1, 0.15) is 10.8 Å². The minimum Gasteiger partial charge on any atom is -0.353 e. The van der Waals surface area contributed by atoms with E-state index in [1.54, 1.807) is 11.8 Å². The van der Waals surface area contributed by atoms with E-state index in [0.29, 0.717) is 6.54 Å². The maximum atomic E-state index is 12.9. The predicted octanol–water partition coefficient (Wildman–Crippen LogP) is 4.43. The molecular formula is C24H26N4OS. The molecule has 2 aromatic carbocycles. The maximum Gasteiger partial charge on any atom is 0.253 e. The Labute approximate surface area is 182 Å². The van der Waals surface area contributed by atoms with Crippen LogP contribution in [0.15, 0.2) is 72.0 Å². The molecule has 154 valence electrons. The molecule has 1 aromatic heterocycles. The molecule has 1 aliphatic heterocycles. The van der Waals surface area contributed by atoms with E-state index in [2.05, 4.69) is 34.1 Å². The van der Waals surface area contributed by atoms with E-state index in [-0.39, 0.29) is 5.91 Å². The molecule has 0 spiro atoms. The topological polar surface area (TPSA) is 49.3 Å². The zero-order valence-electron chi connectivity index (χ0n) is 17.2. The van der Waals surface area contributed by atoms with Gasteiger partial charge in [-0.1, -0.05) is 48.0 Å². The Morgan fingerprint density at radius 2 is 1.87 bits per heavy atom. The van der Waals surface area contributed by atoms with Gasteiger partial charge in [-0.05, 0) is 31.0 Å². The van der Waals surface area contributed by atoms with Gasteiger partial charge in [0.05, 0.1) is 12.4 Å². The number of aromatic nitrogens is 2. The summed E-state index contributed by atoms with van der Waals surface area (Å²) in [5, 5.41) is 0.924. The number of carbonyl (C=O) groups is 1. The summed E-state index contributed by atoms with van der Waals surface area (Å²) >= 11 is 1.70. The highest BCUT2D eigenvalue weighted by atomic mass is 32.2. The van der Waals surface area contributed by atoms with Gasteiger partial charge < -0.3 is 9.80 Å². The zero-order chi connectivity index (χ0) is 20.8. The predicted molar refractivity (Wildman–Crippen MR) is 122 cm³/mol. The summed E-state index contributed by atoms with van der Waals surface area (Å²) in [6, 6.07) is 18.2. The minimum atomic E-state index is 0.110. The van der Waals surface area contributed by atoms with E-state index in [1.165, 1.54) is 5.56 Å². The molecule has 2 heterocycles. The minimum absolute atomic E-state index is 0.110. The first-order valence-electron chi connectivity index (χ1n) is 10.3. The standard InChI is InChI=1S/C24H26N4OS/c1-19-7-5-10-21(15-19)24(29)28-12-6-11-27(13-14-28)22-16-25-17-23(26-22)30-18-20-8-3-2-4-9-20/h2-5,7-10,15-17H,6,11-14,18H2,1H3. The summed E-state index contributed by atoms with van der Waals surface area (Å²) in [5.41, 5.74) is 3.15. The van der Waals surface area contributed by atoms with E-state index in [0.717, 1.165) is 53.8 Å². The lowest BCUT2D eigenvalue weighted by Gasteiger charge is -2.23. The third-order valence-electron chi connectivity index (χ3n) is 5.20. The summed E-state index contributed by atoms with van der Waals surface area (Å²) in [6.45, 7) is 5.11. The summed E-state index contributed by atoms with van der Waals surface area (Å²) < 4.78 is 0. The number of carbonyl (C=O) groups excluding carboxylic acids is 1. The van der Waals surface area contributed by atoms with Crippen LogP contribution in [-0.4, -0.2) is 47.0 Å². The Balaban J connectivity index is 1.39. The molecule has 0 bridgehead atoms. The van der Waals surface area contributed by atoms with Crippen LogP contribution in [0, 0.1) is 6.92 Å². The van der Waals surface area contributed by atoms with Crippen LogP contribution in [0.2, 0.25) is 0 Å². The lowest BCUT2D eigenvalue weighted by atomic mass is 10.1. The molecule has 0 radical (unpaired) electrons. The number of hydrogen-bond donors (Lipinski definition) is 0. The summed E-state index contributed by atoms with van der Waals surface area (Å²) in [5.74, 6) is 1.87. The van der Waals surface area contributed by atoms with Crippen molar-refractivity contribution in [2.75, 3.05) is 31.1 Å². The molecule has 0 saturated carbocycles. The second-order valence-corrected chi connectivity index (χ2v) is 8.49. The second kappa shape index (κ2) is 9.76. The third-order valence-corrected chi connectivity index (χ3v) is 6.17. The van der Waals surface area contributed by atoms with E-state index < -0.39 is 0 Å². The monoisotopic (exact) mass is 418 g/mol. The van der Waals surface area contributed by atoms with Gasteiger partial charge >= 0.3 is 0 Å². The third kappa shape index (κ3) is 5.19. The lowest BCUT2D eigenvalue weighted by Crippen LogP contribution is -2.35. The Morgan fingerprint density at radius 1 is 1.00 bits per heavy atom. The molecule has 1 fully saturated rings. The average molecular weight is 419 g/mol. The number of anilines is 1. The Kier molecular flexibility index (Phi) is 6.64. The van der Waals surface area contributed by atoms with Gasteiger partial charge in [-0.15, -0.1) is 11.8 Å². The smallest absolute Gasteiger partial charge is 0.253 e. The molecule has 3 aromatic rings. The van der Waals surface area contributed by atoms with Gasteiger partial charge in [-0.3, -0.25) is 9.78 Å². The molecular weight excluding hydrogens is 392 g/mol. The zero-order valence-corrected chi connectivity index (χ0v) is 18.0. The molecule has 5 nitrogen and oxygen atoms in total. The number of hydrogen-bond acceptors (Lipinski definition) is 5. The van der Waals surface area contributed by atoms with Gasteiger partial charge in [0.25, 0.3) is 5.91 Å². The van der Waals surface area contributed by atoms with Crippen molar-refractivity contribution in [3.8, 4) is 0 Å².